The smallest absolute Gasteiger partial charge is 0.306 e. The Kier molecular flexibility index (Phi) is 7.31. The van der Waals surface area contributed by atoms with Gasteiger partial charge >= 0.3 is 5.97 Å². The minimum Gasteiger partial charge on any atom is -0.461 e. The molecule has 0 aromatic heterocycles. The Hall–Kier alpha value is -1.35. The minimum atomic E-state index is -0.120. The molecule has 0 unspecified atom stereocenters. The first kappa shape index (κ1) is 16.7. The summed E-state index contributed by atoms with van der Waals surface area (Å²) >= 11 is 0. The van der Waals surface area contributed by atoms with Gasteiger partial charge in [-0.1, -0.05) is 58.0 Å². The number of ether oxygens (including phenoxy) is 1. The van der Waals surface area contributed by atoms with Gasteiger partial charge in [-0.3, -0.25) is 4.79 Å². The average Bonchev–Trinajstić information content (AvgIpc) is 2.41. The van der Waals surface area contributed by atoms with E-state index in [4.69, 9.17) is 4.74 Å². The molecule has 0 fully saturated rings. The van der Waals surface area contributed by atoms with Crippen LogP contribution in [0.5, 0.6) is 0 Å². The lowest BCUT2D eigenvalue weighted by atomic mass is 9.98. The Bertz CT molecular complexity index is 387. The maximum atomic E-state index is 11.8. The highest BCUT2D eigenvalue weighted by molar-refractivity contribution is 5.69. The van der Waals surface area contributed by atoms with Crippen molar-refractivity contribution in [3.63, 3.8) is 0 Å². The van der Waals surface area contributed by atoms with Gasteiger partial charge in [0.25, 0.3) is 0 Å². The fourth-order valence-electron chi connectivity index (χ4n) is 2.12. The van der Waals surface area contributed by atoms with Gasteiger partial charge in [-0.25, -0.2) is 0 Å². The van der Waals surface area contributed by atoms with E-state index in [2.05, 4.69) is 33.0 Å². The minimum absolute atomic E-state index is 0.120. The first-order valence-electron chi connectivity index (χ1n) is 7.44. The molecule has 0 heterocycles. The third kappa shape index (κ3) is 6.71. The Balaban J connectivity index is 2.31. The lowest BCUT2D eigenvalue weighted by molar-refractivity contribution is -0.145. The molecule has 1 aromatic rings. The zero-order chi connectivity index (χ0) is 15.0. The third-order valence-corrected chi connectivity index (χ3v) is 3.25. The van der Waals surface area contributed by atoms with E-state index in [0.29, 0.717) is 31.0 Å². The van der Waals surface area contributed by atoms with Crippen LogP contribution in [-0.2, 0) is 16.1 Å². The number of carbonyl (C=O) groups is 1. The summed E-state index contributed by atoms with van der Waals surface area (Å²) in [5.41, 5.74) is 1.03. The maximum Gasteiger partial charge on any atom is 0.306 e. The van der Waals surface area contributed by atoms with Gasteiger partial charge in [-0.2, -0.15) is 0 Å². The highest BCUT2D eigenvalue weighted by Gasteiger charge is 2.16. The molecule has 1 atom stereocenters. The first-order chi connectivity index (χ1) is 9.49. The van der Waals surface area contributed by atoms with Gasteiger partial charge in [-0.05, 0) is 17.9 Å². The Morgan fingerprint density at radius 1 is 1.15 bits per heavy atom. The standard InChI is InChI=1S/C17H27NO2/c1-13(2)16(18-14(3)4)10-11-17(19)20-12-15-8-6-5-7-9-15/h5-9,13-14,16,18H,10-12H2,1-4H3/t16-/m0/s1. The van der Waals surface area contributed by atoms with Crippen LogP contribution in [0, 0.1) is 5.92 Å². The van der Waals surface area contributed by atoms with E-state index < -0.39 is 0 Å². The van der Waals surface area contributed by atoms with Gasteiger partial charge in [0.1, 0.15) is 6.61 Å². The van der Waals surface area contributed by atoms with Crippen molar-refractivity contribution in [1.29, 1.82) is 0 Å². The van der Waals surface area contributed by atoms with Crippen LogP contribution < -0.4 is 5.32 Å². The van der Waals surface area contributed by atoms with E-state index in [1.54, 1.807) is 0 Å². The van der Waals surface area contributed by atoms with E-state index in [1.807, 2.05) is 30.3 Å². The number of esters is 1. The molecule has 20 heavy (non-hydrogen) atoms. The van der Waals surface area contributed by atoms with E-state index in [9.17, 15) is 4.79 Å². The molecule has 0 radical (unpaired) electrons. The molecule has 0 amide bonds. The van der Waals surface area contributed by atoms with Crippen LogP contribution in [0.3, 0.4) is 0 Å². The van der Waals surface area contributed by atoms with E-state index in [0.717, 1.165) is 12.0 Å². The van der Waals surface area contributed by atoms with E-state index in [1.165, 1.54) is 0 Å². The fraction of sp³-hybridized carbons (Fsp3) is 0.588. The molecule has 0 saturated heterocycles. The lowest BCUT2D eigenvalue weighted by Crippen LogP contribution is -2.38. The van der Waals surface area contributed by atoms with Gasteiger partial charge in [0.05, 0.1) is 0 Å². The average molecular weight is 277 g/mol. The predicted octanol–water partition coefficient (Wildman–Crippen LogP) is 3.53. The van der Waals surface area contributed by atoms with Crippen LogP contribution in [0.25, 0.3) is 0 Å². The molecule has 1 N–H and O–H groups in total. The number of nitrogens with one attached hydrogen (secondary N) is 1. The van der Waals surface area contributed by atoms with E-state index in [-0.39, 0.29) is 5.97 Å². The number of rotatable bonds is 8. The van der Waals surface area contributed by atoms with Crippen LogP contribution in [0.15, 0.2) is 30.3 Å². The molecule has 1 aromatic carbocycles. The first-order valence-corrected chi connectivity index (χ1v) is 7.44. The summed E-state index contributed by atoms with van der Waals surface area (Å²) in [5, 5.41) is 3.50. The molecular formula is C17H27NO2. The Morgan fingerprint density at radius 3 is 2.35 bits per heavy atom. The molecule has 0 bridgehead atoms. The van der Waals surface area contributed by atoms with Gasteiger partial charge in [0, 0.05) is 18.5 Å². The van der Waals surface area contributed by atoms with Crippen LogP contribution >= 0.6 is 0 Å². The fourth-order valence-corrected chi connectivity index (χ4v) is 2.12. The summed E-state index contributed by atoms with van der Waals surface area (Å²) in [4.78, 5) is 11.8. The topological polar surface area (TPSA) is 38.3 Å². The van der Waals surface area contributed by atoms with Crippen LogP contribution in [-0.4, -0.2) is 18.1 Å². The van der Waals surface area contributed by atoms with Crippen molar-refractivity contribution in [3.05, 3.63) is 35.9 Å². The molecule has 3 heteroatoms. The van der Waals surface area contributed by atoms with Gasteiger partial charge in [0.15, 0.2) is 0 Å². The predicted molar refractivity (Wildman–Crippen MR) is 82.4 cm³/mol. The zero-order valence-corrected chi connectivity index (χ0v) is 13.1. The number of carbonyl (C=O) groups excluding carboxylic acids is 1. The van der Waals surface area contributed by atoms with Crippen LogP contribution in [0.4, 0.5) is 0 Å². The van der Waals surface area contributed by atoms with Crippen molar-refractivity contribution in [2.24, 2.45) is 5.92 Å². The van der Waals surface area contributed by atoms with Gasteiger partial charge < -0.3 is 10.1 Å². The largest absolute Gasteiger partial charge is 0.461 e. The normalized spacial score (nSPS) is 12.7. The summed E-state index contributed by atoms with van der Waals surface area (Å²) < 4.78 is 5.30. The molecule has 0 aliphatic carbocycles. The molecule has 1 rings (SSSR count). The molecule has 0 aliphatic heterocycles. The van der Waals surface area contributed by atoms with Crippen LogP contribution in [0.1, 0.15) is 46.1 Å². The van der Waals surface area contributed by atoms with Crippen LogP contribution in [0.2, 0.25) is 0 Å². The molecule has 0 spiro atoms. The maximum absolute atomic E-state index is 11.8. The highest BCUT2D eigenvalue weighted by atomic mass is 16.5. The van der Waals surface area contributed by atoms with Crippen molar-refractivity contribution < 1.29 is 9.53 Å². The van der Waals surface area contributed by atoms with E-state index >= 15 is 0 Å². The quantitative estimate of drug-likeness (QED) is 0.739. The Morgan fingerprint density at radius 2 is 1.80 bits per heavy atom. The van der Waals surface area contributed by atoms with Crippen molar-refractivity contribution in [2.75, 3.05) is 0 Å². The van der Waals surface area contributed by atoms with Crippen molar-refractivity contribution in [2.45, 2.75) is 59.2 Å². The number of hydrogen-bond donors (Lipinski definition) is 1. The second-order valence-corrected chi connectivity index (χ2v) is 5.86. The second kappa shape index (κ2) is 8.75. The highest BCUT2D eigenvalue weighted by Crippen LogP contribution is 2.11. The summed E-state index contributed by atoms with van der Waals surface area (Å²) in [6, 6.07) is 10.6. The molecular weight excluding hydrogens is 250 g/mol. The number of benzene rings is 1. The van der Waals surface area contributed by atoms with Gasteiger partial charge in [-0.15, -0.1) is 0 Å². The van der Waals surface area contributed by atoms with Crippen molar-refractivity contribution in [3.8, 4) is 0 Å². The summed E-state index contributed by atoms with van der Waals surface area (Å²) in [6.45, 7) is 8.97. The summed E-state index contributed by atoms with van der Waals surface area (Å²) in [5.74, 6) is 0.393. The summed E-state index contributed by atoms with van der Waals surface area (Å²) in [7, 11) is 0. The molecule has 3 nitrogen and oxygen atoms in total. The molecule has 0 saturated carbocycles. The molecule has 0 aliphatic rings. The summed E-state index contributed by atoms with van der Waals surface area (Å²) in [6.07, 6.45) is 1.29. The monoisotopic (exact) mass is 277 g/mol. The molecule has 112 valence electrons. The SMILES string of the molecule is CC(C)N[C@@H](CCC(=O)OCc1ccccc1)C(C)C. The third-order valence-electron chi connectivity index (χ3n) is 3.25. The van der Waals surface area contributed by atoms with Gasteiger partial charge in [0.2, 0.25) is 0 Å². The van der Waals surface area contributed by atoms with Crippen molar-refractivity contribution in [1.82, 2.24) is 5.32 Å². The lowest BCUT2D eigenvalue weighted by Gasteiger charge is -2.24. The van der Waals surface area contributed by atoms with Crippen molar-refractivity contribution >= 4 is 5.97 Å². The number of hydrogen-bond acceptors (Lipinski definition) is 3. The second-order valence-electron chi connectivity index (χ2n) is 5.86. The zero-order valence-electron chi connectivity index (χ0n) is 13.1. The Labute approximate surface area is 122 Å².